The van der Waals surface area contributed by atoms with Gasteiger partial charge in [-0.25, -0.2) is 9.78 Å². The van der Waals surface area contributed by atoms with Crippen LogP contribution in [0.4, 0.5) is 0 Å². The van der Waals surface area contributed by atoms with Crippen LogP contribution in [-0.2, 0) is 4.79 Å². The third kappa shape index (κ3) is 3.69. The van der Waals surface area contributed by atoms with Crippen molar-refractivity contribution < 1.29 is 9.90 Å². The number of hydrogen-bond donors (Lipinski definition) is 2. The molecule has 3 heterocycles. The Morgan fingerprint density at radius 1 is 0.882 bits per heavy atom. The summed E-state index contributed by atoms with van der Waals surface area (Å²) in [5.74, 6) is 0.376. The zero-order valence-electron chi connectivity index (χ0n) is 19.7. The van der Waals surface area contributed by atoms with Gasteiger partial charge in [0, 0.05) is 24.2 Å². The molecule has 0 amide bonds. The molecular weight excluding hydrogens is 428 g/mol. The molecule has 6 rings (SSSR count). The van der Waals surface area contributed by atoms with Crippen molar-refractivity contribution in [3.05, 3.63) is 40.3 Å². The number of piperidine rings is 2. The van der Waals surface area contributed by atoms with Crippen LogP contribution in [0.5, 0.6) is 0 Å². The molecule has 2 N–H and O–H groups in total. The Morgan fingerprint density at radius 3 is 2.21 bits per heavy atom. The summed E-state index contributed by atoms with van der Waals surface area (Å²) < 4.78 is 1.79. The number of nitrogens with one attached hydrogen (secondary N) is 1. The van der Waals surface area contributed by atoms with Gasteiger partial charge < -0.3 is 9.67 Å². The smallest absolute Gasteiger partial charge is 0.356 e. The highest BCUT2D eigenvalue weighted by atomic mass is 16.4. The largest absolute Gasteiger partial charge is 0.476 e. The molecular formula is C27H34N4O3. The molecule has 5 atom stereocenters. The van der Waals surface area contributed by atoms with Crippen molar-refractivity contribution in [1.82, 2.24) is 14.5 Å². The molecule has 0 radical (unpaired) electrons. The van der Waals surface area contributed by atoms with Crippen molar-refractivity contribution in [2.45, 2.75) is 94.8 Å². The van der Waals surface area contributed by atoms with Crippen LogP contribution < -0.4 is 5.56 Å². The van der Waals surface area contributed by atoms with Crippen LogP contribution in [0.1, 0.15) is 82.4 Å². The van der Waals surface area contributed by atoms with Gasteiger partial charge in [0.15, 0.2) is 11.4 Å². The normalized spacial score (nSPS) is 33.5. The summed E-state index contributed by atoms with van der Waals surface area (Å²) in [5.41, 5.74) is -0.0847. The average molecular weight is 463 g/mol. The van der Waals surface area contributed by atoms with Gasteiger partial charge in [0.25, 0.3) is 5.56 Å². The van der Waals surface area contributed by atoms with Crippen molar-refractivity contribution in [3.63, 3.8) is 0 Å². The number of fused-ring (bicyclic) bond motifs is 5. The number of benzene rings is 1. The van der Waals surface area contributed by atoms with Crippen LogP contribution >= 0.6 is 0 Å². The fourth-order valence-electron chi connectivity index (χ4n) is 7.92. The first kappa shape index (κ1) is 22.0. The van der Waals surface area contributed by atoms with Crippen molar-refractivity contribution in [2.24, 2.45) is 11.8 Å². The topological polar surface area (TPSA) is 99.3 Å². The minimum absolute atomic E-state index is 0.00962. The average Bonchev–Trinajstić information content (AvgIpc) is 2.82. The van der Waals surface area contributed by atoms with Gasteiger partial charge in [-0.05, 0) is 68.9 Å². The van der Waals surface area contributed by atoms with Gasteiger partial charge in [-0.1, -0.05) is 37.8 Å². The molecule has 3 unspecified atom stereocenters. The van der Waals surface area contributed by atoms with Gasteiger partial charge >= 0.3 is 5.97 Å². The first-order valence-corrected chi connectivity index (χ1v) is 13.1. The van der Waals surface area contributed by atoms with E-state index < -0.39 is 17.2 Å². The summed E-state index contributed by atoms with van der Waals surface area (Å²) >= 11 is 0. The summed E-state index contributed by atoms with van der Waals surface area (Å²) in [5, 5.41) is 17.4. The molecule has 4 aliphatic rings. The van der Waals surface area contributed by atoms with E-state index in [2.05, 4.69) is 9.88 Å². The molecule has 1 aromatic carbocycles. The van der Waals surface area contributed by atoms with Crippen LogP contribution in [0.15, 0.2) is 29.1 Å². The molecule has 2 saturated carbocycles. The van der Waals surface area contributed by atoms with Crippen molar-refractivity contribution in [1.29, 1.82) is 5.41 Å². The third-order valence-electron chi connectivity index (χ3n) is 9.14. The number of aromatic nitrogens is 2. The quantitative estimate of drug-likeness (QED) is 0.657. The van der Waals surface area contributed by atoms with Crippen LogP contribution in [0.2, 0.25) is 0 Å². The summed E-state index contributed by atoms with van der Waals surface area (Å²) in [6.45, 7) is 0. The summed E-state index contributed by atoms with van der Waals surface area (Å²) in [6.07, 6.45) is 13.7. The molecule has 2 aliphatic heterocycles. The van der Waals surface area contributed by atoms with Gasteiger partial charge in [-0.2, -0.15) is 0 Å². The Bertz CT molecular complexity index is 1160. The van der Waals surface area contributed by atoms with Gasteiger partial charge in [0.1, 0.15) is 0 Å². The van der Waals surface area contributed by atoms with E-state index in [1.165, 1.54) is 57.8 Å². The molecule has 1 aromatic heterocycles. The van der Waals surface area contributed by atoms with E-state index in [-0.39, 0.29) is 11.7 Å². The molecule has 4 fully saturated rings. The summed E-state index contributed by atoms with van der Waals surface area (Å²) in [6, 6.07) is 9.10. The second kappa shape index (κ2) is 8.59. The number of nitrogens with zero attached hydrogens (tertiary/aromatic N) is 3. The molecule has 2 saturated heterocycles. The second-order valence-corrected chi connectivity index (χ2v) is 11.1. The molecule has 7 nitrogen and oxygen atoms in total. The van der Waals surface area contributed by atoms with E-state index in [0.717, 1.165) is 30.2 Å². The number of carboxylic acids is 1. The SMILES string of the molecule is N=C(C(=O)O)c1nc2ccccc2n(C2C[C@H]3CCC[C@@H](C2)N3C2CC3CCCC(C3)C2)c1=O. The zero-order valence-corrected chi connectivity index (χ0v) is 19.7. The fourth-order valence-corrected chi connectivity index (χ4v) is 7.92. The van der Waals surface area contributed by atoms with Crippen LogP contribution in [0.3, 0.4) is 0 Å². The van der Waals surface area contributed by atoms with Crippen LogP contribution in [-0.4, -0.2) is 49.4 Å². The lowest BCUT2D eigenvalue weighted by Crippen LogP contribution is -2.58. The van der Waals surface area contributed by atoms with E-state index in [1.54, 1.807) is 10.6 Å². The van der Waals surface area contributed by atoms with Gasteiger partial charge in [-0.15, -0.1) is 0 Å². The first-order chi connectivity index (χ1) is 16.5. The van der Waals surface area contributed by atoms with Crippen LogP contribution in [0, 0.1) is 17.2 Å². The molecule has 2 aliphatic carbocycles. The Morgan fingerprint density at radius 2 is 1.53 bits per heavy atom. The number of carboxylic acid groups (broad SMARTS) is 1. The summed E-state index contributed by atoms with van der Waals surface area (Å²) in [4.78, 5) is 32.2. The predicted molar refractivity (Wildman–Crippen MR) is 130 cm³/mol. The Balaban J connectivity index is 1.36. The first-order valence-electron chi connectivity index (χ1n) is 13.1. The van der Waals surface area contributed by atoms with Crippen molar-refractivity contribution >= 4 is 22.7 Å². The lowest BCUT2D eigenvalue weighted by molar-refractivity contribution is -0.129. The Labute approximate surface area is 199 Å². The van der Waals surface area contributed by atoms with Crippen molar-refractivity contribution in [3.8, 4) is 0 Å². The van der Waals surface area contributed by atoms with E-state index in [0.29, 0.717) is 23.6 Å². The Hall–Kier alpha value is -2.54. The molecule has 2 aromatic rings. The monoisotopic (exact) mass is 462 g/mol. The van der Waals surface area contributed by atoms with E-state index in [1.807, 2.05) is 18.2 Å². The maximum Gasteiger partial charge on any atom is 0.356 e. The van der Waals surface area contributed by atoms with E-state index in [9.17, 15) is 14.7 Å². The molecule has 4 bridgehead atoms. The molecule has 7 heteroatoms. The van der Waals surface area contributed by atoms with E-state index in [4.69, 9.17) is 5.41 Å². The molecule has 34 heavy (non-hydrogen) atoms. The van der Waals surface area contributed by atoms with Crippen molar-refractivity contribution in [2.75, 3.05) is 0 Å². The van der Waals surface area contributed by atoms with E-state index >= 15 is 0 Å². The number of carbonyl (C=O) groups is 1. The van der Waals surface area contributed by atoms with Crippen LogP contribution in [0.25, 0.3) is 11.0 Å². The molecule has 0 spiro atoms. The van der Waals surface area contributed by atoms with Gasteiger partial charge in [0.05, 0.1) is 11.0 Å². The maximum absolute atomic E-state index is 13.5. The Kier molecular flexibility index (Phi) is 5.55. The second-order valence-electron chi connectivity index (χ2n) is 11.1. The lowest BCUT2D eigenvalue weighted by atomic mass is 9.68. The zero-order chi connectivity index (χ0) is 23.4. The lowest BCUT2D eigenvalue weighted by Gasteiger charge is -2.55. The standard InChI is InChI=1S/C27H34N4O3/c28-24(27(33)34)25-26(32)31(23-10-2-1-9-22(23)29-25)21-14-18-7-4-8-19(15-21)30(18)20-12-16-5-3-6-17(11-16)13-20/h1-2,9-10,16-21,28H,3-8,11-15H2,(H,33,34)/t16?,17?,18-,19+,20?,21?. The summed E-state index contributed by atoms with van der Waals surface area (Å²) in [7, 11) is 0. The minimum Gasteiger partial charge on any atom is -0.476 e. The van der Waals surface area contributed by atoms with Gasteiger partial charge in [0.2, 0.25) is 0 Å². The molecule has 180 valence electrons. The maximum atomic E-state index is 13.5. The number of para-hydroxylation sites is 2. The number of aliphatic carboxylic acids is 1. The van der Waals surface area contributed by atoms with Gasteiger partial charge in [-0.3, -0.25) is 15.1 Å². The highest BCUT2D eigenvalue weighted by Gasteiger charge is 2.45. The highest BCUT2D eigenvalue weighted by Crippen LogP contribution is 2.47. The fraction of sp³-hybridized carbons (Fsp3) is 0.630. The number of hydrogen-bond acceptors (Lipinski definition) is 5. The minimum atomic E-state index is -1.42. The number of rotatable bonds is 4. The predicted octanol–water partition coefficient (Wildman–Crippen LogP) is 4.38. The third-order valence-corrected chi connectivity index (χ3v) is 9.14. The highest BCUT2D eigenvalue weighted by molar-refractivity contribution is 6.40.